The summed E-state index contributed by atoms with van der Waals surface area (Å²) in [6.45, 7) is 2.09. The number of halogens is 1. The fourth-order valence-electron chi connectivity index (χ4n) is 3.03. The highest BCUT2D eigenvalue weighted by atomic mass is 19.1. The van der Waals surface area contributed by atoms with Crippen molar-refractivity contribution in [3.8, 4) is 5.69 Å². The number of aryl methyl sites for hydroxylation is 1. The Balaban J connectivity index is 1.87. The van der Waals surface area contributed by atoms with Gasteiger partial charge in [-0.25, -0.2) is 13.9 Å². The summed E-state index contributed by atoms with van der Waals surface area (Å²) in [5.74, 6) is -0.519. The van der Waals surface area contributed by atoms with Crippen LogP contribution in [0.15, 0.2) is 54.6 Å². The van der Waals surface area contributed by atoms with Crippen LogP contribution in [0.2, 0.25) is 0 Å². The average molecular weight is 409 g/mol. The highest BCUT2D eigenvalue weighted by Gasteiger charge is 2.14. The van der Waals surface area contributed by atoms with Crippen molar-refractivity contribution >= 4 is 23.4 Å². The lowest BCUT2D eigenvalue weighted by Crippen LogP contribution is -2.22. The number of amides is 3. The monoisotopic (exact) mass is 409 g/mol. The molecule has 4 N–H and O–H groups in total. The number of nitrogens with zero attached hydrogens (tertiary/aromatic N) is 2. The van der Waals surface area contributed by atoms with Crippen molar-refractivity contribution in [2.45, 2.75) is 32.6 Å². The van der Waals surface area contributed by atoms with Gasteiger partial charge in [-0.1, -0.05) is 37.6 Å². The molecule has 8 heteroatoms. The van der Waals surface area contributed by atoms with Crippen LogP contribution in [0.4, 0.5) is 20.7 Å². The molecule has 0 aliphatic carbocycles. The van der Waals surface area contributed by atoms with Crippen LogP contribution in [-0.4, -0.2) is 21.7 Å². The van der Waals surface area contributed by atoms with E-state index < -0.39 is 17.8 Å². The maximum absolute atomic E-state index is 13.8. The predicted molar refractivity (Wildman–Crippen MR) is 114 cm³/mol. The maximum atomic E-state index is 13.8. The smallest absolute Gasteiger partial charge is 0.324 e. The summed E-state index contributed by atoms with van der Waals surface area (Å²) in [4.78, 5) is 23.7. The molecule has 2 aromatic carbocycles. The number of nitrogens with one attached hydrogen (secondary N) is 2. The fourth-order valence-corrected chi connectivity index (χ4v) is 3.03. The zero-order chi connectivity index (χ0) is 21.5. The minimum atomic E-state index is -0.586. The van der Waals surface area contributed by atoms with Crippen molar-refractivity contribution in [1.82, 2.24) is 9.78 Å². The third-order valence-electron chi connectivity index (χ3n) is 4.44. The van der Waals surface area contributed by atoms with Crippen molar-refractivity contribution in [1.29, 1.82) is 0 Å². The number of rotatable bonds is 8. The lowest BCUT2D eigenvalue weighted by atomic mass is 10.1. The Morgan fingerprint density at radius 1 is 1.10 bits per heavy atom. The normalized spacial score (nSPS) is 10.6. The van der Waals surface area contributed by atoms with Gasteiger partial charge in [0.05, 0.1) is 23.5 Å². The number of urea groups is 1. The van der Waals surface area contributed by atoms with Crippen LogP contribution in [0.25, 0.3) is 5.69 Å². The maximum Gasteiger partial charge on any atom is 0.324 e. The largest absolute Gasteiger partial charge is 0.369 e. The summed E-state index contributed by atoms with van der Waals surface area (Å²) in [7, 11) is 0. The van der Waals surface area contributed by atoms with E-state index in [2.05, 4.69) is 22.7 Å². The number of benzene rings is 2. The van der Waals surface area contributed by atoms with Gasteiger partial charge < -0.3 is 11.1 Å². The molecule has 0 saturated carbocycles. The first-order valence-electron chi connectivity index (χ1n) is 9.75. The average Bonchev–Trinajstić information content (AvgIpc) is 3.10. The van der Waals surface area contributed by atoms with Gasteiger partial charge >= 0.3 is 6.03 Å². The van der Waals surface area contributed by atoms with Gasteiger partial charge in [-0.15, -0.1) is 0 Å². The van der Waals surface area contributed by atoms with Gasteiger partial charge in [0, 0.05) is 6.07 Å². The van der Waals surface area contributed by atoms with Gasteiger partial charge in [0.1, 0.15) is 11.6 Å². The SMILES string of the molecule is CCCCc1cc(NC(=O)Nc2ccccc2F)n(-c2cccc(CC(N)=O)c2)n1. The third kappa shape index (κ3) is 5.44. The number of carbonyl (C=O) groups is 2. The molecule has 0 spiro atoms. The minimum Gasteiger partial charge on any atom is -0.369 e. The summed E-state index contributed by atoms with van der Waals surface area (Å²) in [5, 5.41) is 9.83. The highest BCUT2D eigenvalue weighted by molar-refractivity contribution is 5.99. The van der Waals surface area contributed by atoms with Crippen LogP contribution in [0.3, 0.4) is 0 Å². The van der Waals surface area contributed by atoms with Crippen LogP contribution in [0.5, 0.6) is 0 Å². The van der Waals surface area contributed by atoms with E-state index in [1.54, 1.807) is 41.1 Å². The molecular formula is C22H24FN5O2. The summed E-state index contributed by atoms with van der Waals surface area (Å²) < 4.78 is 15.4. The Kier molecular flexibility index (Phi) is 6.79. The number of para-hydroxylation sites is 1. The van der Waals surface area contributed by atoms with Gasteiger partial charge in [0.25, 0.3) is 0 Å². The minimum absolute atomic E-state index is 0.0794. The lowest BCUT2D eigenvalue weighted by Gasteiger charge is -2.11. The van der Waals surface area contributed by atoms with Crippen LogP contribution < -0.4 is 16.4 Å². The van der Waals surface area contributed by atoms with Crippen molar-refractivity contribution < 1.29 is 14.0 Å². The van der Waals surface area contributed by atoms with E-state index >= 15 is 0 Å². The molecule has 0 fully saturated rings. The first kappa shape index (κ1) is 21.0. The quantitative estimate of drug-likeness (QED) is 0.523. The van der Waals surface area contributed by atoms with Crippen molar-refractivity contribution in [3.05, 3.63) is 71.7 Å². The zero-order valence-corrected chi connectivity index (χ0v) is 16.7. The van der Waals surface area contributed by atoms with Crippen LogP contribution >= 0.6 is 0 Å². The molecule has 7 nitrogen and oxygen atoms in total. The van der Waals surface area contributed by atoms with E-state index in [9.17, 15) is 14.0 Å². The number of nitrogens with two attached hydrogens (primary N) is 1. The Labute approximate surface area is 174 Å². The molecule has 30 heavy (non-hydrogen) atoms. The van der Waals surface area contributed by atoms with Crippen molar-refractivity contribution in [3.63, 3.8) is 0 Å². The summed E-state index contributed by atoms with van der Waals surface area (Å²) in [6, 6.07) is 14.3. The molecular weight excluding hydrogens is 385 g/mol. The van der Waals surface area contributed by atoms with E-state index in [-0.39, 0.29) is 12.1 Å². The molecule has 156 valence electrons. The molecule has 0 saturated heterocycles. The molecule has 0 aliphatic rings. The van der Waals surface area contributed by atoms with Crippen LogP contribution in [0, 0.1) is 5.82 Å². The summed E-state index contributed by atoms with van der Waals surface area (Å²) in [5.41, 5.74) is 7.61. The van der Waals surface area contributed by atoms with E-state index in [1.807, 2.05) is 6.07 Å². The fraction of sp³-hybridized carbons (Fsp3) is 0.227. The first-order valence-corrected chi connectivity index (χ1v) is 9.75. The number of carbonyl (C=O) groups excluding carboxylic acids is 2. The summed E-state index contributed by atoms with van der Waals surface area (Å²) >= 11 is 0. The summed E-state index contributed by atoms with van der Waals surface area (Å²) in [6.07, 6.45) is 2.83. The number of primary amides is 1. The van der Waals surface area contributed by atoms with Gasteiger partial charge in [0.2, 0.25) is 5.91 Å². The predicted octanol–water partition coefficient (Wildman–Crippen LogP) is 4.03. The number of hydrogen-bond acceptors (Lipinski definition) is 3. The Morgan fingerprint density at radius 3 is 2.63 bits per heavy atom. The third-order valence-corrected chi connectivity index (χ3v) is 4.44. The molecule has 0 aliphatic heterocycles. The number of unbranched alkanes of at least 4 members (excludes halogenated alkanes) is 1. The standard InChI is InChI=1S/C22H24FN5O2/c1-2-3-8-16-14-21(26-22(30)25-19-11-5-4-10-18(19)23)28(27-16)17-9-6-7-15(12-17)13-20(24)29/h4-7,9-12,14H,2-3,8,13H2,1H3,(H2,24,29)(H2,25,26,30). The molecule has 0 unspecified atom stereocenters. The molecule has 0 atom stereocenters. The first-order chi connectivity index (χ1) is 14.5. The Hall–Kier alpha value is -3.68. The molecule has 0 bridgehead atoms. The second kappa shape index (κ2) is 9.69. The second-order valence-electron chi connectivity index (χ2n) is 6.91. The van der Waals surface area contributed by atoms with Crippen LogP contribution in [-0.2, 0) is 17.6 Å². The number of anilines is 2. The van der Waals surface area contributed by atoms with Gasteiger partial charge in [0.15, 0.2) is 0 Å². The van der Waals surface area contributed by atoms with E-state index in [0.717, 1.165) is 30.5 Å². The number of aromatic nitrogens is 2. The zero-order valence-electron chi connectivity index (χ0n) is 16.7. The van der Waals surface area contributed by atoms with Crippen molar-refractivity contribution in [2.75, 3.05) is 10.6 Å². The molecule has 3 amide bonds. The second-order valence-corrected chi connectivity index (χ2v) is 6.91. The Morgan fingerprint density at radius 2 is 1.90 bits per heavy atom. The Bertz CT molecular complexity index is 1050. The van der Waals surface area contributed by atoms with Gasteiger partial charge in [-0.2, -0.15) is 5.10 Å². The molecule has 3 rings (SSSR count). The lowest BCUT2D eigenvalue weighted by molar-refractivity contribution is -0.117. The van der Waals surface area contributed by atoms with Gasteiger partial charge in [-0.3, -0.25) is 10.1 Å². The van der Waals surface area contributed by atoms with Crippen LogP contribution in [0.1, 0.15) is 31.0 Å². The number of hydrogen-bond donors (Lipinski definition) is 3. The van der Waals surface area contributed by atoms with Gasteiger partial charge in [-0.05, 0) is 42.7 Å². The topological polar surface area (TPSA) is 102 Å². The highest BCUT2D eigenvalue weighted by Crippen LogP contribution is 2.21. The molecule has 3 aromatic rings. The van der Waals surface area contributed by atoms with Crippen molar-refractivity contribution in [2.24, 2.45) is 5.73 Å². The van der Waals surface area contributed by atoms with E-state index in [4.69, 9.17) is 5.73 Å². The molecule has 1 heterocycles. The van der Waals surface area contributed by atoms with E-state index in [0.29, 0.717) is 11.5 Å². The molecule has 0 radical (unpaired) electrons. The molecule has 1 aromatic heterocycles. The van der Waals surface area contributed by atoms with E-state index in [1.165, 1.54) is 12.1 Å².